The monoisotopic (exact) mass is 443 g/mol. The Balaban J connectivity index is 0.00000150. The largest absolute Gasteiger partial charge is 0.323 e. The lowest BCUT2D eigenvalue weighted by atomic mass is 9.92. The molecule has 2 N–H and O–H groups in total. The molecule has 1 aromatic carbocycles. The summed E-state index contributed by atoms with van der Waals surface area (Å²) in [6.07, 6.45) is 5.86. The van der Waals surface area contributed by atoms with Crippen molar-refractivity contribution < 1.29 is 9.18 Å². The number of hydrogen-bond donors (Lipinski definition) is 2. The summed E-state index contributed by atoms with van der Waals surface area (Å²) in [5, 5.41) is 14.8. The molecule has 2 aliphatic heterocycles. The summed E-state index contributed by atoms with van der Waals surface area (Å²) in [6.45, 7) is 3.76. The third-order valence-corrected chi connectivity index (χ3v) is 5.59. The zero-order valence-electron chi connectivity index (χ0n) is 16.5. The second-order valence-corrected chi connectivity index (χ2v) is 7.66. The molecule has 0 saturated carbocycles. The SMILES string of the molecule is C[C@H]1C[C@@H](C(=O)Nc2cc(-c3nnc4n3CCCCC4)ccc2F)CCN1.Cl.Cl. The van der Waals surface area contributed by atoms with Crippen LogP contribution in [0, 0.1) is 11.7 Å². The van der Waals surface area contributed by atoms with Crippen molar-refractivity contribution in [3.05, 3.63) is 29.8 Å². The molecule has 1 amide bonds. The fourth-order valence-corrected chi connectivity index (χ4v) is 4.06. The first-order valence-corrected chi connectivity index (χ1v) is 9.88. The molecular weight excluding hydrogens is 416 g/mol. The number of hydrogen-bond acceptors (Lipinski definition) is 4. The Morgan fingerprint density at radius 3 is 2.86 bits per heavy atom. The summed E-state index contributed by atoms with van der Waals surface area (Å²) < 4.78 is 16.5. The molecule has 9 heteroatoms. The fourth-order valence-electron chi connectivity index (χ4n) is 4.06. The van der Waals surface area contributed by atoms with Gasteiger partial charge in [0.05, 0.1) is 5.69 Å². The second kappa shape index (κ2) is 10.4. The number of nitrogens with one attached hydrogen (secondary N) is 2. The van der Waals surface area contributed by atoms with Crippen LogP contribution in [0.25, 0.3) is 11.4 Å². The third-order valence-electron chi connectivity index (χ3n) is 5.59. The Labute approximate surface area is 182 Å². The average molecular weight is 444 g/mol. The normalized spacial score (nSPS) is 21.2. The molecule has 4 rings (SSSR count). The highest BCUT2D eigenvalue weighted by molar-refractivity contribution is 5.93. The van der Waals surface area contributed by atoms with Crippen molar-refractivity contribution in [1.29, 1.82) is 0 Å². The highest BCUT2D eigenvalue weighted by Gasteiger charge is 2.25. The molecule has 0 spiro atoms. The first kappa shape index (κ1) is 23.6. The molecule has 2 aromatic rings. The summed E-state index contributed by atoms with van der Waals surface area (Å²) in [7, 11) is 0. The van der Waals surface area contributed by atoms with E-state index in [1.165, 1.54) is 12.5 Å². The minimum atomic E-state index is -0.426. The van der Waals surface area contributed by atoms with Crippen molar-refractivity contribution in [1.82, 2.24) is 20.1 Å². The maximum absolute atomic E-state index is 14.3. The van der Waals surface area contributed by atoms with E-state index in [1.54, 1.807) is 12.1 Å². The molecular formula is C20H28Cl2FN5O. The number of amides is 1. The Morgan fingerprint density at radius 1 is 1.24 bits per heavy atom. The van der Waals surface area contributed by atoms with Crippen LogP contribution in [0.4, 0.5) is 10.1 Å². The van der Waals surface area contributed by atoms with Gasteiger partial charge in [0, 0.05) is 30.5 Å². The van der Waals surface area contributed by atoms with Crippen LogP contribution in [0.5, 0.6) is 0 Å². The number of aryl methyl sites for hydroxylation is 1. The molecule has 6 nitrogen and oxygen atoms in total. The topological polar surface area (TPSA) is 71.8 Å². The fraction of sp³-hybridized carbons (Fsp3) is 0.550. The highest BCUT2D eigenvalue weighted by Crippen LogP contribution is 2.27. The van der Waals surface area contributed by atoms with Crippen LogP contribution in [0.15, 0.2) is 18.2 Å². The molecule has 1 aromatic heterocycles. The predicted octanol–water partition coefficient (Wildman–Crippen LogP) is 3.98. The van der Waals surface area contributed by atoms with Gasteiger partial charge in [-0.15, -0.1) is 35.0 Å². The van der Waals surface area contributed by atoms with Gasteiger partial charge in [-0.2, -0.15) is 0 Å². The van der Waals surface area contributed by atoms with Crippen molar-refractivity contribution in [3.8, 4) is 11.4 Å². The minimum Gasteiger partial charge on any atom is -0.323 e. The van der Waals surface area contributed by atoms with Gasteiger partial charge in [0.15, 0.2) is 5.82 Å². The number of rotatable bonds is 3. The Morgan fingerprint density at radius 2 is 2.07 bits per heavy atom. The Bertz CT molecular complexity index is 844. The van der Waals surface area contributed by atoms with Crippen LogP contribution in [0.1, 0.15) is 44.9 Å². The smallest absolute Gasteiger partial charge is 0.227 e. The van der Waals surface area contributed by atoms with Crippen molar-refractivity contribution in [2.24, 2.45) is 5.92 Å². The molecule has 1 saturated heterocycles. The van der Waals surface area contributed by atoms with Gasteiger partial charge in [-0.1, -0.05) is 6.42 Å². The average Bonchev–Trinajstić information content (AvgIpc) is 2.91. The molecule has 0 radical (unpaired) electrons. The predicted molar refractivity (Wildman–Crippen MR) is 116 cm³/mol. The Hall–Kier alpha value is -1.70. The molecule has 0 aliphatic carbocycles. The molecule has 160 valence electrons. The van der Waals surface area contributed by atoms with Gasteiger partial charge in [0.1, 0.15) is 11.6 Å². The minimum absolute atomic E-state index is 0. The van der Waals surface area contributed by atoms with E-state index in [1.807, 2.05) is 0 Å². The van der Waals surface area contributed by atoms with Gasteiger partial charge >= 0.3 is 0 Å². The summed E-state index contributed by atoms with van der Waals surface area (Å²) in [4.78, 5) is 12.6. The summed E-state index contributed by atoms with van der Waals surface area (Å²) in [5.41, 5.74) is 1.00. The van der Waals surface area contributed by atoms with Crippen molar-refractivity contribution >= 4 is 36.4 Å². The number of aromatic nitrogens is 3. The second-order valence-electron chi connectivity index (χ2n) is 7.66. The maximum atomic E-state index is 14.3. The molecule has 0 bridgehead atoms. The van der Waals surface area contributed by atoms with Crippen molar-refractivity contribution in [2.45, 2.75) is 58.0 Å². The van der Waals surface area contributed by atoms with Crippen molar-refractivity contribution in [3.63, 3.8) is 0 Å². The van der Waals surface area contributed by atoms with E-state index >= 15 is 0 Å². The Kier molecular flexibility index (Phi) is 8.43. The van der Waals surface area contributed by atoms with Gasteiger partial charge in [-0.05, 0) is 57.4 Å². The number of fused-ring (bicyclic) bond motifs is 1. The van der Waals surface area contributed by atoms with Gasteiger partial charge in [-0.25, -0.2) is 4.39 Å². The maximum Gasteiger partial charge on any atom is 0.227 e. The van der Waals surface area contributed by atoms with Gasteiger partial charge in [-0.3, -0.25) is 4.79 Å². The highest BCUT2D eigenvalue weighted by atomic mass is 35.5. The van der Waals surface area contributed by atoms with Crippen LogP contribution < -0.4 is 10.6 Å². The van der Waals surface area contributed by atoms with E-state index in [0.29, 0.717) is 6.04 Å². The number of carbonyl (C=O) groups excluding carboxylic acids is 1. The molecule has 29 heavy (non-hydrogen) atoms. The molecule has 1 fully saturated rings. The van der Waals surface area contributed by atoms with Crippen molar-refractivity contribution in [2.75, 3.05) is 11.9 Å². The quantitative estimate of drug-likeness (QED) is 0.752. The summed E-state index contributed by atoms with van der Waals surface area (Å²) in [6, 6.07) is 5.09. The zero-order valence-corrected chi connectivity index (χ0v) is 18.1. The lowest BCUT2D eigenvalue weighted by molar-refractivity contribution is -0.120. The third kappa shape index (κ3) is 5.27. The van der Waals surface area contributed by atoms with Gasteiger partial charge in [0.2, 0.25) is 5.91 Å². The van der Waals surface area contributed by atoms with E-state index in [9.17, 15) is 9.18 Å². The van der Waals surface area contributed by atoms with Crippen LogP contribution in [-0.4, -0.2) is 33.3 Å². The van der Waals surface area contributed by atoms with Gasteiger partial charge in [0.25, 0.3) is 0 Å². The number of halogens is 3. The van der Waals surface area contributed by atoms with Gasteiger partial charge < -0.3 is 15.2 Å². The van der Waals surface area contributed by atoms with E-state index in [4.69, 9.17) is 0 Å². The number of anilines is 1. The van der Waals surface area contributed by atoms with E-state index in [2.05, 4.69) is 32.3 Å². The first-order chi connectivity index (χ1) is 13.1. The number of benzene rings is 1. The molecule has 2 aliphatic rings. The molecule has 2 atom stereocenters. The van der Waals surface area contributed by atoms with Crippen LogP contribution in [0.2, 0.25) is 0 Å². The molecule has 3 heterocycles. The number of nitrogens with zero attached hydrogens (tertiary/aromatic N) is 3. The lowest BCUT2D eigenvalue weighted by Gasteiger charge is -2.27. The number of piperidine rings is 1. The standard InChI is InChI=1S/C20H26FN5O.2ClH/c1-13-11-15(8-9-22-13)20(27)23-17-12-14(6-7-16(17)21)19-25-24-18-5-3-2-4-10-26(18)19;;/h6-7,12-13,15,22H,2-5,8-11H2,1H3,(H,23,27);2*1H/t13-,15-;;/m0../s1. The lowest BCUT2D eigenvalue weighted by Crippen LogP contribution is -2.40. The van der Waals surface area contributed by atoms with E-state index in [-0.39, 0.29) is 42.3 Å². The van der Waals surface area contributed by atoms with Crippen LogP contribution >= 0.6 is 24.8 Å². The van der Waals surface area contributed by atoms with E-state index in [0.717, 1.165) is 62.4 Å². The van der Waals surface area contributed by atoms with Crippen LogP contribution in [-0.2, 0) is 17.8 Å². The van der Waals surface area contributed by atoms with Crippen LogP contribution in [0.3, 0.4) is 0 Å². The zero-order chi connectivity index (χ0) is 18.8. The molecule has 0 unspecified atom stereocenters. The van der Waals surface area contributed by atoms with E-state index < -0.39 is 5.82 Å². The summed E-state index contributed by atoms with van der Waals surface area (Å²) >= 11 is 0. The first-order valence-electron chi connectivity index (χ1n) is 9.88. The summed E-state index contributed by atoms with van der Waals surface area (Å²) in [5.74, 6) is 1.11. The number of carbonyl (C=O) groups is 1.